The Balaban J connectivity index is 2.16. The molecule has 0 aliphatic heterocycles. The van der Waals surface area contributed by atoms with Crippen molar-refractivity contribution in [2.45, 2.75) is 45.3 Å². The predicted molar refractivity (Wildman–Crippen MR) is 56.7 cm³/mol. The average Bonchev–Trinajstić information content (AvgIpc) is 2.23. The van der Waals surface area contributed by atoms with Crippen LogP contribution in [0.1, 0.15) is 33.1 Å². The first-order valence-electron chi connectivity index (χ1n) is 5.78. The van der Waals surface area contributed by atoms with Crippen LogP contribution in [-0.2, 0) is 14.3 Å². The summed E-state index contributed by atoms with van der Waals surface area (Å²) in [4.78, 5) is 11.7. The maximum atomic E-state index is 11.7. The van der Waals surface area contributed by atoms with E-state index in [4.69, 9.17) is 9.47 Å². The Morgan fingerprint density at radius 1 is 1.13 bits per heavy atom. The van der Waals surface area contributed by atoms with E-state index in [1.807, 2.05) is 13.8 Å². The highest BCUT2D eigenvalue weighted by Gasteiger charge is 2.45. The van der Waals surface area contributed by atoms with Gasteiger partial charge in [0.1, 0.15) is 12.2 Å². The van der Waals surface area contributed by atoms with Crippen LogP contribution in [0.25, 0.3) is 0 Å². The number of carbonyl (C=O) groups excluding carboxylic acids is 1. The van der Waals surface area contributed by atoms with Crippen molar-refractivity contribution < 1.29 is 14.3 Å². The number of hydrogen-bond donors (Lipinski definition) is 0. The monoisotopic (exact) mass is 210 g/mol. The molecule has 0 saturated heterocycles. The van der Waals surface area contributed by atoms with Gasteiger partial charge in [-0.25, -0.2) is 0 Å². The Kier molecular flexibility index (Phi) is 3.22. The fourth-order valence-corrected chi connectivity index (χ4v) is 2.48. The highest BCUT2D eigenvalue weighted by molar-refractivity contribution is 6.00. The molecule has 0 spiro atoms. The van der Waals surface area contributed by atoms with Crippen molar-refractivity contribution >= 4 is 5.78 Å². The maximum Gasteiger partial charge on any atom is 0.161 e. The van der Waals surface area contributed by atoms with Gasteiger partial charge < -0.3 is 9.47 Å². The van der Waals surface area contributed by atoms with Crippen molar-refractivity contribution in [3.8, 4) is 0 Å². The van der Waals surface area contributed by atoms with Crippen LogP contribution in [0.5, 0.6) is 0 Å². The lowest BCUT2D eigenvalue weighted by Crippen LogP contribution is -2.49. The second-order valence-electron chi connectivity index (χ2n) is 3.97. The first kappa shape index (κ1) is 10.8. The van der Waals surface area contributed by atoms with Crippen LogP contribution >= 0.6 is 0 Å². The molecule has 2 aliphatic rings. The Morgan fingerprint density at radius 2 is 1.80 bits per heavy atom. The molecular formula is C12H18O3. The van der Waals surface area contributed by atoms with Crippen molar-refractivity contribution in [2.24, 2.45) is 0 Å². The van der Waals surface area contributed by atoms with Crippen molar-refractivity contribution in [1.82, 2.24) is 0 Å². The predicted octanol–water partition coefficient (Wildman–Crippen LogP) is 1.86. The van der Waals surface area contributed by atoms with E-state index in [1.165, 1.54) is 5.57 Å². The van der Waals surface area contributed by atoms with Gasteiger partial charge in [-0.1, -0.05) is 0 Å². The largest absolute Gasteiger partial charge is 0.371 e. The summed E-state index contributed by atoms with van der Waals surface area (Å²) >= 11 is 0. The van der Waals surface area contributed by atoms with Gasteiger partial charge in [-0.05, 0) is 32.3 Å². The molecule has 84 valence electrons. The molecule has 3 nitrogen and oxygen atoms in total. The summed E-state index contributed by atoms with van der Waals surface area (Å²) in [7, 11) is 0. The van der Waals surface area contributed by atoms with E-state index in [-0.39, 0.29) is 18.0 Å². The van der Waals surface area contributed by atoms with Crippen LogP contribution < -0.4 is 0 Å². The third-order valence-corrected chi connectivity index (χ3v) is 3.09. The number of Topliss-reactive ketones (excluding diaryl/α,β-unsaturated/α-hetero) is 1. The maximum absolute atomic E-state index is 11.7. The van der Waals surface area contributed by atoms with E-state index < -0.39 is 0 Å². The summed E-state index contributed by atoms with van der Waals surface area (Å²) < 4.78 is 11.2. The zero-order chi connectivity index (χ0) is 10.8. The number of rotatable bonds is 4. The molecule has 3 heteroatoms. The lowest BCUT2D eigenvalue weighted by molar-refractivity contribution is -0.123. The van der Waals surface area contributed by atoms with E-state index in [0.29, 0.717) is 19.6 Å². The number of ketones is 1. The molecule has 2 aliphatic carbocycles. The highest BCUT2D eigenvalue weighted by Crippen LogP contribution is 2.41. The molecule has 0 radical (unpaired) electrons. The van der Waals surface area contributed by atoms with Crippen LogP contribution in [-0.4, -0.2) is 31.2 Å². The van der Waals surface area contributed by atoms with Crippen LogP contribution in [0, 0.1) is 0 Å². The molecule has 2 unspecified atom stereocenters. The van der Waals surface area contributed by atoms with Gasteiger partial charge in [0.05, 0.1) is 0 Å². The van der Waals surface area contributed by atoms with Gasteiger partial charge in [-0.3, -0.25) is 4.79 Å². The molecule has 0 N–H and O–H groups in total. The number of hydrogen-bond acceptors (Lipinski definition) is 3. The Bertz CT molecular complexity index is 293. The third kappa shape index (κ3) is 1.74. The number of ether oxygens (including phenoxy) is 2. The molecule has 0 aromatic rings. The minimum Gasteiger partial charge on any atom is -0.371 e. The van der Waals surface area contributed by atoms with E-state index >= 15 is 0 Å². The topological polar surface area (TPSA) is 35.5 Å². The summed E-state index contributed by atoms with van der Waals surface area (Å²) in [5.41, 5.74) is 2.12. The van der Waals surface area contributed by atoms with Gasteiger partial charge >= 0.3 is 0 Å². The lowest BCUT2D eigenvalue weighted by Gasteiger charge is -2.42. The lowest BCUT2D eigenvalue weighted by atomic mass is 9.73. The summed E-state index contributed by atoms with van der Waals surface area (Å²) in [6.07, 6.45) is 2.63. The van der Waals surface area contributed by atoms with Crippen LogP contribution in [0.4, 0.5) is 0 Å². The molecule has 0 bridgehead atoms. The van der Waals surface area contributed by atoms with Gasteiger partial charge in [-0.15, -0.1) is 0 Å². The summed E-state index contributed by atoms with van der Waals surface area (Å²) in [6, 6.07) is 0. The van der Waals surface area contributed by atoms with Gasteiger partial charge in [0, 0.05) is 25.2 Å². The minimum atomic E-state index is -0.0854. The highest BCUT2D eigenvalue weighted by atomic mass is 16.5. The molecule has 0 heterocycles. The Morgan fingerprint density at radius 3 is 2.47 bits per heavy atom. The third-order valence-electron chi connectivity index (χ3n) is 3.09. The SMILES string of the molecule is CCOC1C2=C(C(=O)CCC2)C1OCC. The molecule has 0 aromatic heterocycles. The Labute approximate surface area is 90.4 Å². The molecule has 0 saturated carbocycles. The zero-order valence-corrected chi connectivity index (χ0v) is 9.41. The molecule has 0 aromatic carbocycles. The van der Waals surface area contributed by atoms with Gasteiger partial charge in [0.2, 0.25) is 0 Å². The minimum absolute atomic E-state index is 0.0502. The molecular weight excluding hydrogens is 192 g/mol. The van der Waals surface area contributed by atoms with Gasteiger partial charge in [0.25, 0.3) is 0 Å². The number of carbonyl (C=O) groups is 1. The first-order chi connectivity index (χ1) is 7.29. The fraction of sp³-hybridized carbons (Fsp3) is 0.750. The summed E-state index contributed by atoms with van der Waals surface area (Å²) in [5, 5.41) is 0. The molecule has 0 amide bonds. The Hall–Kier alpha value is -0.670. The van der Waals surface area contributed by atoms with Crippen molar-refractivity contribution in [2.75, 3.05) is 13.2 Å². The second-order valence-corrected chi connectivity index (χ2v) is 3.97. The molecule has 15 heavy (non-hydrogen) atoms. The zero-order valence-electron chi connectivity index (χ0n) is 9.41. The molecule has 2 atom stereocenters. The van der Waals surface area contributed by atoms with Crippen molar-refractivity contribution in [3.05, 3.63) is 11.1 Å². The van der Waals surface area contributed by atoms with Gasteiger partial charge in [-0.2, -0.15) is 0 Å². The fourth-order valence-electron chi connectivity index (χ4n) is 2.48. The van der Waals surface area contributed by atoms with Crippen LogP contribution in [0.2, 0.25) is 0 Å². The van der Waals surface area contributed by atoms with Crippen LogP contribution in [0.15, 0.2) is 11.1 Å². The van der Waals surface area contributed by atoms with E-state index in [2.05, 4.69) is 0 Å². The summed E-state index contributed by atoms with van der Waals surface area (Å²) in [6.45, 7) is 5.25. The average molecular weight is 210 g/mol. The van der Waals surface area contributed by atoms with E-state index in [9.17, 15) is 4.79 Å². The van der Waals surface area contributed by atoms with Crippen LogP contribution in [0.3, 0.4) is 0 Å². The van der Waals surface area contributed by atoms with Crippen molar-refractivity contribution in [1.29, 1.82) is 0 Å². The molecule has 2 rings (SSSR count). The second kappa shape index (κ2) is 4.45. The molecule has 0 fully saturated rings. The van der Waals surface area contributed by atoms with Crippen molar-refractivity contribution in [3.63, 3.8) is 0 Å². The quantitative estimate of drug-likeness (QED) is 0.710. The smallest absolute Gasteiger partial charge is 0.161 e. The normalized spacial score (nSPS) is 30.1. The van der Waals surface area contributed by atoms with E-state index in [0.717, 1.165) is 18.4 Å². The summed E-state index contributed by atoms with van der Waals surface area (Å²) in [5.74, 6) is 0.269. The van der Waals surface area contributed by atoms with E-state index in [1.54, 1.807) is 0 Å². The van der Waals surface area contributed by atoms with Gasteiger partial charge in [0.15, 0.2) is 5.78 Å². The standard InChI is InChI=1S/C12H18O3/c1-3-14-11-8-6-5-7-9(13)10(8)12(11)15-4-2/h11-12H,3-7H2,1-2H3. The first-order valence-corrected chi connectivity index (χ1v) is 5.78.